The summed E-state index contributed by atoms with van der Waals surface area (Å²) in [6, 6.07) is 9.22. The van der Waals surface area contributed by atoms with Gasteiger partial charge in [-0.2, -0.15) is 0 Å². The predicted octanol–water partition coefficient (Wildman–Crippen LogP) is 3.03. The molecule has 2 heterocycles. The topological polar surface area (TPSA) is 53.5 Å². The van der Waals surface area contributed by atoms with E-state index in [-0.39, 0.29) is 11.8 Å². The van der Waals surface area contributed by atoms with E-state index < -0.39 is 6.04 Å². The SMILES string of the molecule is CCN(C(=O)c1sc(C)nc1C)[C@H]1CCN(c2ccccc2)C1=O. The molecule has 24 heavy (non-hydrogen) atoms. The largest absolute Gasteiger partial charge is 0.326 e. The maximum atomic E-state index is 12.9. The van der Waals surface area contributed by atoms with Gasteiger partial charge in [-0.15, -0.1) is 11.3 Å². The summed E-state index contributed by atoms with van der Waals surface area (Å²) in [6.45, 7) is 6.80. The minimum absolute atomic E-state index is 0.00436. The van der Waals surface area contributed by atoms with Crippen LogP contribution in [0.15, 0.2) is 30.3 Å². The van der Waals surface area contributed by atoms with Crippen LogP contribution in [0.2, 0.25) is 0 Å². The Kier molecular flexibility index (Phi) is 4.66. The first-order chi connectivity index (χ1) is 11.5. The third-order valence-corrected chi connectivity index (χ3v) is 5.38. The Morgan fingerprint density at radius 1 is 1.33 bits per heavy atom. The van der Waals surface area contributed by atoms with Crippen LogP contribution in [0, 0.1) is 13.8 Å². The molecule has 0 spiro atoms. The van der Waals surface area contributed by atoms with Crippen LogP contribution in [0.25, 0.3) is 0 Å². The average Bonchev–Trinajstić information content (AvgIpc) is 3.11. The van der Waals surface area contributed by atoms with Crippen molar-refractivity contribution in [3.63, 3.8) is 0 Å². The van der Waals surface area contributed by atoms with Gasteiger partial charge in [0.15, 0.2) is 0 Å². The third kappa shape index (κ3) is 2.94. The molecule has 126 valence electrons. The monoisotopic (exact) mass is 343 g/mol. The second kappa shape index (κ2) is 6.73. The van der Waals surface area contributed by atoms with Gasteiger partial charge < -0.3 is 9.80 Å². The Morgan fingerprint density at radius 2 is 2.04 bits per heavy atom. The number of benzene rings is 1. The predicted molar refractivity (Wildman–Crippen MR) is 95.5 cm³/mol. The molecule has 1 atom stereocenters. The molecular formula is C18H21N3O2S. The van der Waals surface area contributed by atoms with Gasteiger partial charge in [0.25, 0.3) is 5.91 Å². The molecule has 5 nitrogen and oxygen atoms in total. The summed E-state index contributed by atoms with van der Waals surface area (Å²) >= 11 is 1.40. The lowest BCUT2D eigenvalue weighted by atomic mass is 10.2. The van der Waals surface area contributed by atoms with Crippen LogP contribution in [0.5, 0.6) is 0 Å². The number of para-hydroxylation sites is 1. The lowest BCUT2D eigenvalue weighted by molar-refractivity contribution is -0.120. The molecule has 1 aliphatic heterocycles. The third-order valence-electron chi connectivity index (χ3n) is 4.32. The smallest absolute Gasteiger partial charge is 0.266 e. The molecule has 1 aromatic heterocycles. The lowest BCUT2D eigenvalue weighted by Crippen LogP contribution is -2.45. The quantitative estimate of drug-likeness (QED) is 0.857. The van der Waals surface area contributed by atoms with Crippen molar-refractivity contribution in [1.82, 2.24) is 9.88 Å². The van der Waals surface area contributed by atoms with Crippen LogP contribution in [0.4, 0.5) is 5.69 Å². The van der Waals surface area contributed by atoms with Crippen LogP contribution < -0.4 is 4.90 Å². The van der Waals surface area contributed by atoms with Crippen LogP contribution in [0.3, 0.4) is 0 Å². The van der Waals surface area contributed by atoms with Crippen LogP contribution in [-0.2, 0) is 4.79 Å². The van der Waals surface area contributed by atoms with E-state index in [4.69, 9.17) is 0 Å². The van der Waals surface area contributed by atoms with E-state index >= 15 is 0 Å². The first-order valence-electron chi connectivity index (χ1n) is 8.14. The van der Waals surface area contributed by atoms with Crippen molar-refractivity contribution in [3.05, 3.63) is 45.9 Å². The summed E-state index contributed by atoms with van der Waals surface area (Å²) in [6.07, 6.45) is 0.657. The number of carbonyl (C=O) groups excluding carboxylic acids is 2. The number of hydrogen-bond acceptors (Lipinski definition) is 4. The van der Waals surface area contributed by atoms with Gasteiger partial charge in [-0.1, -0.05) is 18.2 Å². The maximum Gasteiger partial charge on any atom is 0.266 e. The fraction of sp³-hybridized carbons (Fsp3) is 0.389. The standard InChI is InChI=1S/C18H21N3O2S/c1-4-20(18(23)16-12(2)19-13(3)24-16)15-10-11-21(17(15)22)14-8-6-5-7-9-14/h5-9,15H,4,10-11H2,1-3H3/t15-/m0/s1. The molecule has 0 aliphatic carbocycles. The summed E-state index contributed by atoms with van der Waals surface area (Å²) in [5.74, 6) is -0.0934. The Morgan fingerprint density at radius 3 is 2.62 bits per heavy atom. The number of hydrogen-bond donors (Lipinski definition) is 0. The molecule has 0 radical (unpaired) electrons. The molecule has 0 bridgehead atoms. The zero-order valence-corrected chi connectivity index (χ0v) is 15.0. The van der Waals surface area contributed by atoms with Gasteiger partial charge in [0, 0.05) is 18.8 Å². The molecule has 0 N–H and O–H groups in total. The van der Waals surface area contributed by atoms with E-state index in [1.165, 1.54) is 11.3 Å². The molecule has 2 amide bonds. The number of carbonyl (C=O) groups is 2. The summed E-state index contributed by atoms with van der Waals surface area (Å²) in [5, 5.41) is 0.871. The Labute approximate surface area is 145 Å². The van der Waals surface area contributed by atoms with Gasteiger partial charge in [-0.3, -0.25) is 9.59 Å². The molecular weight excluding hydrogens is 322 g/mol. The normalized spacial score (nSPS) is 17.4. The van der Waals surface area contributed by atoms with Crippen LogP contribution in [0.1, 0.15) is 33.7 Å². The van der Waals surface area contributed by atoms with Gasteiger partial charge in [0.2, 0.25) is 5.91 Å². The number of thiazole rings is 1. The first-order valence-corrected chi connectivity index (χ1v) is 8.96. The molecule has 3 rings (SSSR count). The van der Waals surface area contributed by atoms with Crippen molar-refractivity contribution in [2.75, 3.05) is 18.0 Å². The van der Waals surface area contributed by atoms with E-state index in [9.17, 15) is 9.59 Å². The second-order valence-corrected chi connectivity index (χ2v) is 7.07. The average molecular weight is 343 g/mol. The highest BCUT2D eigenvalue weighted by Gasteiger charge is 2.39. The molecule has 1 aliphatic rings. The van der Waals surface area contributed by atoms with Gasteiger partial charge in [0.05, 0.1) is 10.7 Å². The molecule has 6 heteroatoms. The van der Waals surface area contributed by atoms with Crippen molar-refractivity contribution >= 4 is 28.8 Å². The van der Waals surface area contributed by atoms with Crippen molar-refractivity contribution < 1.29 is 9.59 Å². The minimum Gasteiger partial charge on any atom is -0.326 e. The van der Waals surface area contributed by atoms with E-state index in [1.807, 2.05) is 51.1 Å². The molecule has 0 saturated carbocycles. The highest BCUT2D eigenvalue weighted by atomic mass is 32.1. The zero-order chi connectivity index (χ0) is 17.3. The Hall–Kier alpha value is -2.21. The van der Waals surface area contributed by atoms with Crippen LogP contribution >= 0.6 is 11.3 Å². The summed E-state index contributed by atoms with van der Waals surface area (Å²) < 4.78 is 0. The van der Waals surface area contributed by atoms with Crippen molar-refractivity contribution in [2.24, 2.45) is 0 Å². The lowest BCUT2D eigenvalue weighted by Gasteiger charge is -2.26. The fourth-order valence-corrected chi connectivity index (χ4v) is 4.06. The number of rotatable bonds is 4. The maximum absolute atomic E-state index is 12.9. The Bertz CT molecular complexity index is 757. The number of amides is 2. The molecule has 2 aromatic rings. The number of aromatic nitrogens is 1. The van der Waals surface area contributed by atoms with E-state index in [0.717, 1.165) is 16.4 Å². The van der Waals surface area contributed by atoms with Crippen molar-refractivity contribution in [1.29, 1.82) is 0 Å². The van der Waals surface area contributed by atoms with Crippen molar-refractivity contribution in [3.8, 4) is 0 Å². The minimum atomic E-state index is -0.399. The summed E-state index contributed by atoms with van der Waals surface area (Å²) in [4.78, 5) is 34.2. The molecule has 1 fully saturated rings. The summed E-state index contributed by atoms with van der Waals surface area (Å²) in [5.41, 5.74) is 1.63. The number of aryl methyl sites for hydroxylation is 2. The highest BCUT2D eigenvalue weighted by Crippen LogP contribution is 2.27. The molecule has 1 saturated heterocycles. The number of anilines is 1. The van der Waals surface area contributed by atoms with Crippen LogP contribution in [-0.4, -0.2) is 40.8 Å². The van der Waals surface area contributed by atoms with Crippen molar-refractivity contribution in [2.45, 2.75) is 33.2 Å². The van der Waals surface area contributed by atoms with Gasteiger partial charge >= 0.3 is 0 Å². The van der Waals surface area contributed by atoms with Gasteiger partial charge in [-0.05, 0) is 39.3 Å². The zero-order valence-electron chi connectivity index (χ0n) is 14.2. The Balaban J connectivity index is 1.83. The number of nitrogens with zero attached hydrogens (tertiary/aromatic N) is 3. The van der Waals surface area contributed by atoms with E-state index in [1.54, 1.807) is 9.80 Å². The van der Waals surface area contributed by atoms with E-state index in [0.29, 0.717) is 24.4 Å². The molecule has 1 aromatic carbocycles. The van der Waals surface area contributed by atoms with Gasteiger partial charge in [0.1, 0.15) is 10.9 Å². The van der Waals surface area contributed by atoms with Gasteiger partial charge in [-0.25, -0.2) is 4.98 Å². The second-order valence-electron chi connectivity index (χ2n) is 5.87. The summed E-state index contributed by atoms with van der Waals surface area (Å²) in [7, 11) is 0. The van der Waals surface area contributed by atoms with E-state index in [2.05, 4.69) is 4.98 Å². The number of likely N-dealkylation sites (N-methyl/N-ethyl adjacent to an activating group) is 1. The highest BCUT2D eigenvalue weighted by molar-refractivity contribution is 7.13. The fourth-order valence-electron chi connectivity index (χ4n) is 3.18. The first kappa shape index (κ1) is 16.6. The molecule has 0 unspecified atom stereocenters.